The molecule has 1 unspecified atom stereocenters. The summed E-state index contributed by atoms with van der Waals surface area (Å²) < 4.78 is 12.1. The smallest absolute Gasteiger partial charge is 0.0568 e. The zero-order valence-electron chi connectivity index (χ0n) is 14.7. The van der Waals surface area contributed by atoms with Crippen LogP contribution < -0.4 is 0 Å². The highest BCUT2D eigenvalue weighted by Gasteiger charge is 1.99. The Balaban J connectivity index is 2.46. The Morgan fingerprint density at radius 1 is 1.04 bits per heavy atom. The van der Waals surface area contributed by atoms with Crippen LogP contribution in [0.3, 0.4) is 0 Å². The van der Waals surface area contributed by atoms with Crippen molar-refractivity contribution in [1.82, 2.24) is 0 Å². The Morgan fingerprint density at radius 3 is 2.39 bits per heavy atom. The summed E-state index contributed by atoms with van der Waals surface area (Å²) in [4.78, 5) is 0.885. The van der Waals surface area contributed by atoms with Crippen LogP contribution in [0.1, 0.15) is 40.5 Å². The minimum Gasteiger partial charge on any atom is -0.254 e. The monoisotopic (exact) mass is 328 g/mol. The van der Waals surface area contributed by atoms with Crippen molar-refractivity contribution in [3.8, 4) is 0 Å². The van der Waals surface area contributed by atoms with E-state index in [2.05, 4.69) is 45.1 Å². The first-order chi connectivity index (χ1) is 11.0. The maximum absolute atomic E-state index is 12.1. The number of rotatable bonds is 8. The average Bonchev–Trinajstić information content (AvgIpc) is 2.53. The third-order valence-corrected chi connectivity index (χ3v) is 4.66. The zero-order chi connectivity index (χ0) is 17.1. The molecule has 1 nitrogen and oxygen atoms in total. The molecule has 0 bridgehead atoms. The van der Waals surface area contributed by atoms with E-state index in [1.165, 1.54) is 11.1 Å². The summed E-state index contributed by atoms with van der Waals surface area (Å²) in [6, 6.07) is 9.61. The predicted octanol–water partition coefficient (Wildman–Crippen LogP) is 5.99. The molecule has 124 valence electrons. The van der Waals surface area contributed by atoms with E-state index in [0.29, 0.717) is 5.75 Å². The molecule has 23 heavy (non-hydrogen) atoms. The topological polar surface area (TPSA) is 17.1 Å². The number of hydrogen-bond acceptors (Lipinski definition) is 1. The Bertz CT molecular complexity index is 615. The van der Waals surface area contributed by atoms with E-state index in [-0.39, 0.29) is 0 Å². The van der Waals surface area contributed by atoms with E-state index in [4.69, 9.17) is 0 Å². The van der Waals surface area contributed by atoms with Crippen molar-refractivity contribution in [2.75, 3.05) is 5.75 Å². The summed E-state index contributed by atoms with van der Waals surface area (Å²) in [6.07, 6.45) is 12.8. The minimum absolute atomic E-state index is 0.559. The van der Waals surface area contributed by atoms with Gasteiger partial charge in [-0.3, -0.25) is 4.21 Å². The van der Waals surface area contributed by atoms with Gasteiger partial charge in [-0.2, -0.15) is 0 Å². The fourth-order valence-electron chi connectivity index (χ4n) is 1.98. The molecule has 0 heterocycles. The molecule has 0 N–H and O–H groups in total. The molecule has 0 aliphatic rings. The maximum atomic E-state index is 12.1. The highest BCUT2D eigenvalue weighted by Crippen LogP contribution is 2.09. The second-order valence-corrected chi connectivity index (χ2v) is 7.46. The molecule has 0 radical (unpaired) electrons. The molecule has 0 saturated heterocycles. The quantitative estimate of drug-likeness (QED) is 0.423. The SMILES string of the molecule is CC(C)=CCC/C(C)=C/C=C/C(C)=C/CS(=O)c1ccccc1. The molecule has 1 rings (SSSR count). The Labute approximate surface area is 144 Å². The van der Waals surface area contributed by atoms with Crippen LogP contribution in [0.2, 0.25) is 0 Å². The summed E-state index contributed by atoms with van der Waals surface area (Å²) in [7, 11) is -0.959. The van der Waals surface area contributed by atoms with Gasteiger partial charge < -0.3 is 0 Å². The molecule has 0 aliphatic carbocycles. The second-order valence-electron chi connectivity index (χ2n) is 5.97. The van der Waals surface area contributed by atoms with E-state index >= 15 is 0 Å². The molecule has 0 aromatic heterocycles. The third-order valence-electron chi connectivity index (χ3n) is 3.39. The lowest BCUT2D eigenvalue weighted by atomic mass is 10.1. The van der Waals surface area contributed by atoms with Gasteiger partial charge in [0.15, 0.2) is 0 Å². The van der Waals surface area contributed by atoms with Gasteiger partial charge in [0, 0.05) is 10.6 Å². The van der Waals surface area contributed by atoms with Gasteiger partial charge in [0.1, 0.15) is 0 Å². The van der Waals surface area contributed by atoms with Crippen LogP contribution in [0.25, 0.3) is 0 Å². The van der Waals surface area contributed by atoms with Crippen LogP contribution in [0.15, 0.2) is 82.3 Å². The van der Waals surface area contributed by atoms with Crippen molar-refractivity contribution in [3.05, 3.63) is 77.4 Å². The summed E-state index contributed by atoms with van der Waals surface area (Å²) in [5.41, 5.74) is 3.89. The first kappa shape index (κ1) is 19.4. The van der Waals surface area contributed by atoms with Crippen molar-refractivity contribution >= 4 is 10.8 Å². The molecule has 0 fully saturated rings. The Kier molecular flexibility index (Phi) is 9.23. The molecular formula is C21H28OS. The van der Waals surface area contributed by atoms with Gasteiger partial charge in [-0.05, 0) is 52.7 Å². The Morgan fingerprint density at radius 2 is 1.74 bits per heavy atom. The fraction of sp³-hybridized carbons (Fsp3) is 0.333. The normalized spacial score (nSPS) is 14.1. The molecule has 2 heteroatoms. The molecule has 1 aromatic rings. The number of allylic oxidation sites excluding steroid dienone is 7. The van der Waals surface area contributed by atoms with Crippen LogP contribution in [0, 0.1) is 0 Å². The van der Waals surface area contributed by atoms with Gasteiger partial charge in [0.05, 0.1) is 10.8 Å². The van der Waals surface area contributed by atoms with Crippen molar-refractivity contribution in [1.29, 1.82) is 0 Å². The van der Waals surface area contributed by atoms with Crippen molar-refractivity contribution in [3.63, 3.8) is 0 Å². The van der Waals surface area contributed by atoms with Gasteiger partial charge >= 0.3 is 0 Å². The van der Waals surface area contributed by atoms with Gasteiger partial charge in [-0.25, -0.2) is 0 Å². The lowest BCUT2D eigenvalue weighted by Gasteiger charge is -1.99. The summed E-state index contributed by atoms with van der Waals surface area (Å²) >= 11 is 0. The average molecular weight is 329 g/mol. The van der Waals surface area contributed by atoms with E-state index in [0.717, 1.165) is 23.3 Å². The molecule has 0 spiro atoms. The standard InChI is InChI=1S/C21H28OS/c1-18(2)10-8-11-19(3)12-9-13-20(4)16-17-23(22)21-14-6-5-7-15-21/h5-7,9-10,12-16H,8,11,17H2,1-4H3/b13-9+,19-12+,20-16+. The lowest BCUT2D eigenvalue weighted by molar-refractivity contribution is 0.685. The van der Waals surface area contributed by atoms with Gasteiger partial charge in [-0.1, -0.05) is 65.3 Å². The largest absolute Gasteiger partial charge is 0.254 e. The summed E-state index contributed by atoms with van der Waals surface area (Å²) in [5, 5.41) is 0. The van der Waals surface area contributed by atoms with Gasteiger partial charge in [0.2, 0.25) is 0 Å². The molecule has 1 atom stereocenters. The van der Waals surface area contributed by atoms with E-state index < -0.39 is 10.8 Å². The highest BCUT2D eigenvalue weighted by atomic mass is 32.2. The molecule has 0 amide bonds. The number of benzene rings is 1. The molecule has 1 aromatic carbocycles. The molecular weight excluding hydrogens is 300 g/mol. The number of hydrogen-bond donors (Lipinski definition) is 0. The van der Waals surface area contributed by atoms with E-state index in [1.807, 2.05) is 43.3 Å². The van der Waals surface area contributed by atoms with E-state index in [9.17, 15) is 4.21 Å². The lowest BCUT2D eigenvalue weighted by Crippen LogP contribution is -1.95. The van der Waals surface area contributed by atoms with Crippen LogP contribution >= 0.6 is 0 Å². The van der Waals surface area contributed by atoms with Crippen LogP contribution in [0.4, 0.5) is 0 Å². The second kappa shape index (κ2) is 11.0. The molecule has 0 saturated carbocycles. The Hall–Kier alpha value is -1.67. The first-order valence-corrected chi connectivity index (χ1v) is 9.38. The highest BCUT2D eigenvalue weighted by molar-refractivity contribution is 7.85. The van der Waals surface area contributed by atoms with Gasteiger partial charge in [0.25, 0.3) is 0 Å². The van der Waals surface area contributed by atoms with Crippen molar-refractivity contribution < 1.29 is 4.21 Å². The maximum Gasteiger partial charge on any atom is 0.0568 e. The summed E-state index contributed by atoms with van der Waals surface area (Å²) in [6.45, 7) is 8.47. The summed E-state index contributed by atoms with van der Waals surface area (Å²) in [5.74, 6) is 0.559. The van der Waals surface area contributed by atoms with E-state index in [1.54, 1.807) is 0 Å². The van der Waals surface area contributed by atoms with Crippen molar-refractivity contribution in [2.45, 2.75) is 45.4 Å². The van der Waals surface area contributed by atoms with Crippen molar-refractivity contribution in [2.24, 2.45) is 0 Å². The predicted molar refractivity (Wildman–Crippen MR) is 103 cm³/mol. The van der Waals surface area contributed by atoms with Crippen LogP contribution in [0.5, 0.6) is 0 Å². The van der Waals surface area contributed by atoms with Gasteiger partial charge in [-0.15, -0.1) is 0 Å². The fourth-order valence-corrected chi connectivity index (χ4v) is 3.05. The molecule has 0 aliphatic heterocycles. The van der Waals surface area contributed by atoms with Crippen LogP contribution in [-0.4, -0.2) is 9.96 Å². The van der Waals surface area contributed by atoms with Crippen LogP contribution in [-0.2, 0) is 10.8 Å². The third kappa shape index (κ3) is 9.14. The first-order valence-electron chi connectivity index (χ1n) is 8.06. The minimum atomic E-state index is -0.959. The zero-order valence-corrected chi connectivity index (χ0v) is 15.5.